The molecule has 4 aliphatic heterocycles. The molecular weight excluding hydrogens is 1480 g/mol. The lowest BCUT2D eigenvalue weighted by Gasteiger charge is -2.29. The first-order valence-electron chi connectivity index (χ1n) is 25.1. The molecule has 6 aromatic rings. The Morgan fingerprint density at radius 1 is 0.549 bits per heavy atom. The maximum Gasteiger partial charge on any atom is 0.488 e. The average Bonchev–Trinajstić information content (AvgIpc) is 4.00. The molecule has 0 unspecified atom stereocenters. The quantitative estimate of drug-likeness (QED) is 0.118. The van der Waals surface area contributed by atoms with Gasteiger partial charge in [-0.1, -0.05) is 123 Å². The Labute approximate surface area is 526 Å². The number of nitrogens with zero attached hydrogens (tertiary/aromatic N) is 3. The molecule has 0 spiro atoms. The minimum Gasteiger partial charge on any atom is -0.423 e. The standard InChI is InChI=1S/C11H14BrNO2S.C11H16BrNO2S.C9H12BNO4S.C9H10BrNO2S.C7H6BrNO2S.C7H7Br/c1-11(2,3)13-7-8-6-9(12)4-5-10(8)16(13,14)15;1-8-7-9(12)5-6-10(8)16(14,15)13-11(2,3)4;1-2-11-6-7-5-8(10(12)13)3-4-9(7)16(11,14)15;1-2-11-6-7-5-8(10)3-4-9(7)14(11,12)13;8-6-1-2-7-5(3-6)4-9-12(7,10)11;1-6-3-2-4-7(8)5-6/h4-6H,7H2,1-3H3;5-7,13H,1-4H3;3-5,12-13H,2,6H2,1H3;3-5H,2,6H2,1H3;1-3,9H,4H2;2-5H,1H3. The van der Waals surface area contributed by atoms with Crippen LogP contribution in [0.1, 0.15) is 88.8 Å². The van der Waals surface area contributed by atoms with Crippen molar-refractivity contribution in [2.45, 2.75) is 131 Å². The van der Waals surface area contributed by atoms with Gasteiger partial charge in [0.15, 0.2) is 0 Å². The topological polar surface area (TPSA) is 245 Å². The van der Waals surface area contributed by atoms with Gasteiger partial charge in [0.1, 0.15) is 0 Å². The first-order chi connectivity index (χ1) is 37.7. The van der Waals surface area contributed by atoms with Crippen LogP contribution in [-0.2, 0) is 76.3 Å². The molecule has 28 heteroatoms. The summed E-state index contributed by atoms with van der Waals surface area (Å²) in [6.45, 7) is 21.2. The minimum atomic E-state index is -3.44. The highest BCUT2D eigenvalue weighted by Crippen LogP contribution is 2.37. The molecule has 4 N–H and O–H groups in total. The van der Waals surface area contributed by atoms with Gasteiger partial charge in [-0.3, -0.25) is 0 Å². The Morgan fingerprint density at radius 3 is 1.41 bits per heavy atom. The fraction of sp³-hybridized carbons (Fsp3) is 0.333. The molecule has 10 rings (SSSR count). The van der Waals surface area contributed by atoms with Gasteiger partial charge in [0, 0.05) is 72.7 Å². The molecule has 17 nitrogen and oxygen atoms in total. The van der Waals surface area contributed by atoms with Gasteiger partial charge in [-0.25, -0.2) is 51.5 Å². The van der Waals surface area contributed by atoms with Crippen LogP contribution in [0.15, 0.2) is 162 Å². The molecule has 0 bridgehead atoms. The van der Waals surface area contributed by atoms with E-state index in [1.54, 1.807) is 68.4 Å². The maximum absolute atomic E-state index is 12.3. The number of rotatable bonds is 5. The summed E-state index contributed by atoms with van der Waals surface area (Å²) in [4.78, 5) is 1.86. The molecule has 0 atom stereocenters. The lowest BCUT2D eigenvalue weighted by molar-refractivity contribution is 0.252. The smallest absolute Gasteiger partial charge is 0.423 e. The second-order valence-electron chi connectivity index (χ2n) is 20.9. The molecular formula is C54H65BBr5N5O12S5. The van der Waals surface area contributed by atoms with Gasteiger partial charge in [0.25, 0.3) is 0 Å². The SMILES string of the molecule is CC(C)(C)N1Cc2cc(Br)ccc2S1(=O)=O.CCN1Cc2cc(B(O)O)ccc2S1(=O)=O.CCN1Cc2cc(Br)ccc2S1(=O)=O.Cc1cc(Br)ccc1S(=O)(=O)NC(C)(C)C.Cc1cccc(Br)c1.O=S1(=O)NCc2cc(Br)ccc21. The van der Waals surface area contributed by atoms with Crippen molar-refractivity contribution < 1.29 is 52.1 Å². The molecule has 0 aliphatic carbocycles. The Balaban J connectivity index is 0.000000182. The highest BCUT2D eigenvalue weighted by Gasteiger charge is 2.41. The molecule has 0 radical (unpaired) electrons. The summed E-state index contributed by atoms with van der Waals surface area (Å²) in [7, 11) is -18.1. The number of hydrogen-bond donors (Lipinski definition) is 4. The van der Waals surface area contributed by atoms with Gasteiger partial charge in [-0.2, -0.15) is 12.9 Å². The van der Waals surface area contributed by atoms with Crippen molar-refractivity contribution in [1.82, 2.24) is 22.4 Å². The van der Waals surface area contributed by atoms with Crippen molar-refractivity contribution in [3.8, 4) is 0 Å². The molecule has 0 saturated heterocycles. The third-order valence-corrected chi connectivity index (χ3v) is 24.4. The lowest BCUT2D eigenvalue weighted by atomic mass is 9.79. The van der Waals surface area contributed by atoms with Gasteiger partial charge in [0.05, 0.1) is 24.5 Å². The first-order valence-corrected chi connectivity index (χ1v) is 36.4. The van der Waals surface area contributed by atoms with Crippen LogP contribution < -0.4 is 14.9 Å². The lowest BCUT2D eigenvalue weighted by Crippen LogP contribution is -2.41. The van der Waals surface area contributed by atoms with Crippen molar-refractivity contribution in [2.75, 3.05) is 13.1 Å². The van der Waals surface area contributed by atoms with Crippen LogP contribution in [0, 0.1) is 13.8 Å². The number of sulfonamides is 5. The van der Waals surface area contributed by atoms with Crippen LogP contribution >= 0.6 is 79.6 Å². The fourth-order valence-corrected chi connectivity index (χ4v) is 18.8. The number of aryl methyl sites for hydroxylation is 2. The highest BCUT2D eigenvalue weighted by molar-refractivity contribution is 9.11. The van der Waals surface area contributed by atoms with Gasteiger partial charge >= 0.3 is 7.12 Å². The van der Waals surface area contributed by atoms with E-state index >= 15 is 0 Å². The summed E-state index contributed by atoms with van der Waals surface area (Å²) in [5.74, 6) is 0. The molecule has 4 aliphatic rings. The van der Waals surface area contributed by atoms with Crippen LogP contribution in [0.4, 0.5) is 0 Å². The summed E-state index contributed by atoms with van der Waals surface area (Å²) in [6, 6.07) is 33.4. The summed E-state index contributed by atoms with van der Waals surface area (Å²) in [6.07, 6.45) is 0. The summed E-state index contributed by atoms with van der Waals surface area (Å²) >= 11 is 16.6. The fourth-order valence-electron chi connectivity index (χ4n) is 8.51. The van der Waals surface area contributed by atoms with Crippen LogP contribution in [0.5, 0.6) is 0 Å². The van der Waals surface area contributed by atoms with Crippen LogP contribution in [0.25, 0.3) is 0 Å². The van der Waals surface area contributed by atoms with Crippen molar-refractivity contribution in [2.24, 2.45) is 0 Å². The second-order valence-corrected chi connectivity index (χ2v) is 34.5. The zero-order valence-electron chi connectivity index (χ0n) is 46.5. The van der Waals surface area contributed by atoms with E-state index in [0.29, 0.717) is 69.9 Å². The summed E-state index contributed by atoms with van der Waals surface area (Å²) in [5, 5.41) is 18.0. The zero-order chi connectivity index (χ0) is 61.7. The van der Waals surface area contributed by atoms with E-state index in [0.717, 1.165) is 44.6 Å². The van der Waals surface area contributed by atoms with E-state index in [-0.39, 0.29) is 10.4 Å². The summed E-state index contributed by atoms with van der Waals surface area (Å²) < 4.78 is 133. The Hall–Kier alpha value is -2.75. The predicted molar refractivity (Wildman–Crippen MR) is 340 cm³/mol. The maximum atomic E-state index is 12.3. The van der Waals surface area contributed by atoms with Gasteiger partial charge in [-0.15, -0.1) is 0 Å². The van der Waals surface area contributed by atoms with E-state index in [1.165, 1.54) is 36.7 Å². The number of benzene rings is 6. The third kappa shape index (κ3) is 17.9. The zero-order valence-corrected chi connectivity index (χ0v) is 58.6. The number of fused-ring (bicyclic) bond motifs is 4. The number of nitrogens with one attached hydrogen (secondary N) is 2. The monoisotopic (exact) mass is 1540 g/mol. The van der Waals surface area contributed by atoms with E-state index in [1.807, 2.05) is 78.8 Å². The molecule has 0 saturated carbocycles. The molecule has 446 valence electrons. The van der Waals surface area contributed by atoms with Crippen molar-refractivity contribution in [1.29, 1.82) is 0 Å². The summed E-state index contributed by atoms with van der Waals surface area (Å²) in [5.41, 5.74) is 4.66. The van der Waals surface area contributed by atoms with Crippen LogP contribution in [0.2, 0.25) is 0 Å². The first kappa shape index (κ1) is 70.0. The number of halogens is 5. The largest absolute Gasteiger partial charge is 0.488 e. The van der Waals surface area contributed by atoms with E-state index in [4.69, 9.17) is 10.0 Å². The Morgan fingerprint density at radius 2 is 0.976 bits per heavy atom. The molecule has 4 heterocycles. The van der Waals surface area contributed by atoms with Crippen LogP contribution in [0.3, 0.4) is 0 Å². The molecule has 0 amide bonds. The predicted octanol–water partition coefficient (Wildman–Crippen LogP) is 10.4. The highest BCUT2D eigenvalue weighted by atomic mass is 79.9. The van der Waals surface area contributed by atoms with Gasteiger partial charge < -0.3 is 10.0 Å². The number of hydrogen-bond acceptors (Lipinski definition) is 12. The minimum absolute atomic E-state index is 0.263. The molecule has 0 aromatic heterocycles. The van der Waals surface area contributed by atoms with E-state index in [9.17, 15) is 42.1 Å². The van der Waals surface area contributed by atoms with Crippen molar-refractivity contribution in [3.63, 3.8) is 0 Å². The van der Waals surface area contributed by atoms with E-state index < -0.39 is 62.8 Å². The Bertz CT molecular complexity index is 3880. The van der Waals surface area contributed by atoms with Gasteiger partial charge in [-0.05, 0) is 180 Å². The second kappa shape index (κ2) is 28.0. The average molecular weight is 1550 g/mol. The normalized spacial score (nSPS) is 17.0. The van der Waals surface area contributed by atoms with E-state index in [2.05, 4.69) is 108 Å². The molecule has 6 aromatic carbocycles. The Kier molecular flexibility index (Phi) is 23.9. The van der Waals surface area contributed by atoms with Crippen LogP contribution in [-0.4, -0.2) is 96.3 Å². The van der Waals surface area contributed by atoms with Crippen molar-refractivity contribution in [3.05, 3.63) is 171 Å². The van der Waals surface area contributed by atoms with Gasteiger partial charge in [0.2, 0.25) is 50.1 Å². The third-order valence-electron chi connectivity index (χ3n) is 12.3. The molecule has 82 heavy (non-hydrogen) atoms. The van der Waals surface area contributed by atoms with Crippen molar-refractivity contribution >= 4 is 142 Å². The molecule has 0 fully saturated rings.